The molecule has 0 spiro atoms. The molecule has 0 atom stereocenters. The van der Waals surface area contributed by atoms with Crippen LogP contribution in [0.3, 0.4) is 0 Å². The molecule has 0 radical (unpaired) electrons. The van der Waals surface area contributed by atoms with E-state index in [-0.39, 0.29) is 5.91 Å². The van der Waals surface area contributed by atoms with E-state index in [2.05, 4.69) is 25.7 Å². The lowest BCUT2D eigenvalue weighted by atomic mass is 9.78. The zero-order valence-corrected chi connectivity index (χ0v) is 13.0. The van der Waals surface area contributed by atoms with Crippen LogP contribution in [0.5, 0.6) is 0 Å². The summed E-state index contributed by atoms with van der Waals surface area (Å²) < 4.78 is 0. The minimum absolute atomic E-state index is 0.131. The number of hydrogen-bond donors (Lipinski definition) is 1. The molecular weight excluding hydrogens is 260 g/mol. The lowest BCUT2D eigenvalue weighted by Crippen LogP contribution is -2.41. The van der Waals surface area contributed by atoms with E-state index in [4.69, 9.17) is 5.73 Å². The first-order valence-electron chi connectivity index (χ1n) is 7.66. The third-order valence-electron chi connectivity index (χ3n) is 4.58. The van der Waals surface area contributed by atoms with Crippen molar-refractivity contribution in [2.75, 3.05) is 19.6 Å². The summed E-state index contributed by atoms with van der Waals surface area (Å²) in [4.78, 5) is 14.5. The summed E-state index contributed by atoms with van der Waals surface area (Å²) in [6, 6.07) is 7.49. The number of carbonyl (C=O) groups is 1. The Kier molecular flexibility index (Phi) is 5.03. The third-order valence-corrected chi connectivity index (χ3v) is 4.58. The molecule has 1 fully saturated rings. The molecule has 1 heterocycles. The molecule has 0 aliphatic carbocycles. The highest BCUT2D eigenvalue weighted by Gasteiger charge is 2.30. The Hall–Kier alpha value is -1.79. The molecule has 3 heteroatoms. The van der Waals surface area contributed by atoms with Crippen LogP contribution < -0.4 is 5.73 Å². The van der Waals surface area contributed by atoms with Crippen LogP contribution in [0.4, 0.5) is 0 Å². The second-order valence-corrected chi connectivity index (χ2v) is 6.04. The van der Waals surface area contributed by atoms with Gasteiger partial charge in [0.15, 0.2) is 0 Å². The van der Waals surface area contributed by atoms with Gasteiger partial charge in [0.2, 0.25) is 0 Å². The van der Waals surface area contributed by atoms with Crippen molar-refractivity contribution in [3.63, 3.8) is 0 Å². The van der Waals surface area contributed by atoms with Gasteiger partial charge in [0.05, 0.1) is 6.54 Å². The predicted molar refractivity (Wildman–Crippen MR) is 85.9 cm³/mol. The molecular formula is C18H24N2O. The second-order valence-electron chi connectivity index (χ2n) is 6.04. The van der Waals surface area contributed by atoms with Crippen LogP contribution in [0.25, 0.3) is 0 Å². The first-order valence-corrected chi connectivity index (χ1v) is 7.66. The van der Waals surface area contributed by atoms with Crippen LogP contribution in [-0.2, 0) is 0 Å². The SMILES string of the molecule is CCC1(C)CCN(C(=O)c2ccc(C#CCN)cc2)CC1. The van der Waals surface area contributed by atoms with E-state index in [1.54, 1.807) is 0 Å². The van der Waals surface area contributed by atoms with E-state index >= 15 is 0 Å². The fraction of sp³-hybridized carbons (Fsp3) is 0.500. The maximum atomic E-state index is 12.5. The molecule has 1 saturated heterocycles. The van der Waals surface area contributed by atoms with Gasteiger partial charge in [-0.1, -0.05) is 32.1 Å². The van der Waals surface area contributed by atoms with Gasteiger partial charge < -0.3 is 10.6 Å². The zero-order valence-electron chi connectivity index (χ0n) is 13.0. The van der Waals surface area contributed by atoms with Gasteiger partial charge in [-0.05, 0) is 42.5 Å². The predicted octanol–water partition coefficient (Wildman–Crippen LogP) is 2.65. The standard InChI is InChI=1S/C18H24N2O/c1-3-18(2)10-13-20(14-11-18)17(21)16-8-6-15(7-9-16)5-4-12-19/h6-9H,3,10-14,19H2,1-2H3. The fourth-order valence-electron chi connectivity index (χ4n) is 2.64. The highest BCUT2D eigenvalue weighted by Crippen LogP contribution is 2.34. The Morgan fingerprint density at radius 3 is 2.43 bits per heavy atom. The summed E-state index contributed by atoms with van der Waals surface area (Å²) in [6.07, 6.45) is 3.37. The van der Waals surface area contributed by atoms with Crippen LogP contribution in [-0.4, -0.2) is 30.4 Å². The van der Waals surface area contributed by atoms with Crippen molar-refractivity contribution in [3.8, 4) is 11.8 Å². The minimum Gasteiger partial charge on any atom is -0.339 e. The lowest BCUT2D eigenvalue weighted by molar-refractivity contribution is 0.0600. The van der Waals surface area contributed by atoms with Crippen LogP contribution in [0.15, 0.2) is 24.3 Å². The van der Waals surface area contributed by atoms with Crippen LogP contribution >= 0.6 is 0 Å². The summed E-state index contributed by atoms with van der Waals surface area (Å²) >= 11 is 0. The van der Waals surface area contributed by atoms with Crippen molar-refractivity contribution in [3.05, 3.63) is 35.4 Å². The van der Waals surface area contributed by atoms with Crippen molar-refractivity contribution in [2.24, 2.45) is 11.1 Å². The number of piperidine rings is 1. The Morgan fingerprint density at radius 1 is 1.29 bits per heavy atom. The molecule has 0 aromatic heterocycles. The monoisotopic (exact) mass is 284 g/mol. The van der Waals surface area contributed by atoms with E-state index in [0.717, 1.165) is 37.1 Å². The number of nitrogens with two attached hydrogens (primary N) is 1. The molecule has 1 aromatic carbocycles. The molecule has 0 unspecified atom stereocenters. The fourth-order valence-corrected chi connectivity index (χ4v) is 2.64. The summed E-state index contributed by atoms with van der Waals surface area (Å²) in [5.74, 6) is 5.91. The molecule has 3 nitrogen and oxygen atoms in total. The van der Waals surface area contributed by atoms with Gasteiger partial charge in [0.1, 0.15) is 0 Å². The summed E-state index contributed by atoms with van der Waals surface area (Å²) in [7, 11) is 0. The Balaban J connectivity index is 2.01. The number of amides is 1. The van der Waals surface area contributed by atoms with Crippen molar-refractivity contribution in [2.45, 2.75) is 33.1 Å². The number of rotatable bonds is 2. The third kappa shape index (κ3) is 3.86. The van der Waals surface area contributed by atoms with Crippen molar-refractivity contribution in [1.29, 1.82) is 0 Å². The van der Waals surface area contributed by atoms with Gasteiger partial charge in [-0.3, -0.25) is 4.79 Å². The molecule has 0 bridgehead atoms. The van der Waals surface area contributed by atoms with E-state index in [0.29, 0.717) is 12.0 Å². The molecule has 1 amide bonds. The summed E-state index contributed by atoms with van der Waals surface area (Å²) in [5.41, 5.74) is 7.39. The maximum Gasteiger partial charge on any atom is 0.253 e. The first kappa shape index (κ1) is 15.6. The van der Waals surface area contributed by atoms with Gasteiger partial charge in [-0.2, -0.15) is 0 Å². The number of likely N-dealkylation sites (tertiary alicyclic amines) is 1. The average Bonchev–Trinajstić information content (AvgIpc) is 2.53. The smallest absolute Gasteiger partial charge is 0.253 e. The van der Waals surface area contributed by atoms with E-state index in [1.807, 2.05) is 29.2 Å². The maximum absolute atomic E-state index is 12.5. The Labute approximate surface area is 127 Å². The van der Waals surface area contributed by atoms with Gasteiger partial charge in [0.25, 0.3) is 5.91 Å². The van der Waals surface area contributed by atoms with Crippen LogP contribution in [0.2, 0.25) is 0 Å². The quantitative estimate of drug-likeness (QED) is 0.849. The molecule has 2 rings (SSSR count). The molecule has 0 saturated carbocycles. The molecule has 21 heavy (non-hydrogen) atoms. The van der Waals surface area contributed by atoms with E-state index in [1.165, 1.54) is 6.42 Å². The molecule has 112 valence electrons. The van der Waals surface area contributed by atoms with Gasteiger partial charge in [0, 0.05) is 24.2 Å². The van der Waals surface area contributed by atoms with Crippen molar-refractivity contribution in [1.82, 2.24) is 4.90 Å². The minimum atomic E-state index is 0.131. The topological polar surface area (TPSA) is 46.3 Å². The zero-order chi connectivity index (χ0) is 15.3. The highest BCUT2D eigenvalue weighted by atomic mass is 16.2. The molecule has 1 aromatic rings. The molecule has 1 aliphatic heterocycles. The number of hydrogen-bond acceptors (Lipinski definition) is 2. The highest BCUT2D eigenvalue weighted by molar-refractivity contribution is 5.94. The Morgan fingerprint density at radius 2 is 1.90 bits per heavy atom. The molecule has 1 aliphatic rings. The Bertz CT molecular complexity index is 543. The van der Waals surface area contributed by atoms with Gasteiger partial charge >= 0.3 is 0 Å². The van der Waals surface area contributed by atoms with Crippen LogP contribution in [0.1, 0.15) is 49.0 Å². The molecule has 2 N–H and O–H groups in total. The van der Waals surface area contributed by atoms with Gasteiger partial charge in [-0.25, -0.2) is 0 Å². The van der Waals surface area contributed by atoms with Gasteiger partial charge in [-0.15, -0.1) is 0 Å². The van der Waals surface area contributed by atoms with E-state index in [9.17, 15) is 4.79 Å². The first-order chi connectivity index (χ1) is 10.1. The average molecular weight is 284 g/mol. The van der Waals surface area contributed by atoms with Crippen LogP contribution in [0, 0.1) is 17.3 Å². The summed E-state index contributed by atoms with van der Waals surface area (Å²) in [5, 5.41) is 0. The lowest BCUT2D eigenvalue weighted by Gasteiger charge is -2.39. The number of benzene rings is 1. The number of nitrogens with zero attached hydrogens (tertiary/aromatic N) is 1. The normalized spacial score (nSPS) is 17.0. The van der Waals surface area contributed by atoms with E-state index < -0.39 is 0 Å². The van der Waals surface area contributed by atoms with Crippen molar-refractivity contribution < 1.29 is 4.79 Å². The largest absolute Gasteiger partial charge is 0.339 e. The number of carbonyl (C=O) groups excluding carboxylic acids is 1. The second kappa shape index (κ2) is 6.78. The van der Waals surface area contributed by atoms with Crippen molar-refractivity contribution >= 4 is 5.91 Å². The summed E-state index contributed by atoms with van der Waals surface area (Å²) in [6.45, 7) is 6.62.